The molecule has 0 saturated carbocycles. The Hall–Kier alpha value is -1.62. The fraction of sp³-hybridized carbons (Fsp3) is 0.100. The van der Waals surface area contributed by atoms with Crippen molar-refractivity contribution in [3.8, 4) is 0 Å². The summed E-state index contributed by atoms with van der Waals surface area (Å²) < 4.78 is 25.1. The molecule has 0 aromatic heterocycles. The lowest BCUT2D eigenvalue weighted by molar-refractivity contribution is -0.115. The van der Waals surface area contributed by atoms with Gasteiger partial charge in [-0.15, -0.1) is 0 Å². The van der Waals surface area contributed by atoms with Gasteiger partial charge in [-0.3, -0.25) is 4.79 Å². The van der Waals surface area contributed by atoms with Crippen molar-refractivity contribution in [2.75, 3.05) is 0 Å². The molecule has 1 aromatic rings. The number of hydrogen-bond acceptors (Lipinski definition) is 3. The first-order valence-electron chi connectivity index (χ1n) is 4.21. The van der Waals surface area contributed by atoms with Crippen LogP contribution in [0.1, 0.15) is 6.92 Å². The van der Waals surface area contributed by atoms with Crippen molar-refractivity contribution >= 4 is 15.9 Å². The first-order valence-corrected chi connectivity index (χ1v) is 5.69. The number of benzene rings is 1. The predicted octanol–water partition coefficient (Wildman–Crippen LogP) is 1.07. The zero-order valence-corrected chi connectivity index (χ0v) is 9.04. The molecule has 0 aliphatic rings. The van der Waals surface area contributed by atoms with E-state index < -0.39 is 15.9 Å². The standard InChI is InChI=1S/C10H11NO3S/c1-8(2)10(12)11-15(13,14)9-6-4-3-5-7-9/h3-7H,1H2,2H3,(H,11,12). The molecule has 1 amide bonds. The van der Waals surface area contributed by atoms with Crippen LogP contribution < -0.4 is 4.72 Å². The summed E-state index contributed by atoms with van der Waals surface area (Å²) in [7, 11) is -3.76. The molecule has 0 spiro atoms. The minimum atomic E-state index is -3.76. The zero-order chi connectivity index (χ0) is 11.5. The van der Waals surface area contributed by atoms with E-state index in [2.05, 4.69) is 6.58 Å². The smallest absolute Gasteiger partial charge is 0.264 e. The molecule has 15 heavy (non-hydrogen) atoms. The van der Waals surface area contributed by atoms with Gasteiger partial charge in [0.15, 0.2) is 0 Å². The molecule has 0 atom stereocenters. The van der Waals surface area contributed by atoms with Crippen LogP contribution in [0.25, 0.3) is 0 Å². The SMILES string of the molecule is C=C(C)C(=O)NS(=O)(=O)c1ccccc1. The molecule has 0 aliphatic carbocycles. The third kappa shape index (κ3) is 2.92. The fourth-order valence-electron chi connectivity index (χ4n) is 0.868. The van der Waals surface area contributed by atoms with E-state index in [4.69, 9.17) is 0 Å². The van der Waals surface area contributed by atoms with Crippen LogP contribution in [-0.2, 0) is 14.8 Å². The minimum absolute atomic E-state index is 0.0552. The van der Waals surface area contributed by atoms with Gasteiger partial charge in [0, 0.05) is 5.57 Å². The van der Waals surface area contributed by atoms with Crippen molar-refractivity contribution in [3.05, 3.63) is 42.5 Å². The molecule has 80 valence electrons. The summed E-state index contributed by atoms with van der Waals surface area (Å²) in [5.74, 6) is -0.696. The van der Waals surface area contributed by atoms with E-state index in [1.54, 1.807) is 18.2 Å². The molecular weight excluding hydrogens is 214 g/mol. The van der Waals surface area contributed by atoms with Crippen molar-refractivity contribution < 1.29 is 13.2 Å². The first-order chi connectivity index (χ1) is 6.93. The summed E-state index contributed by atoms with van der Waals surface area (Å²) in [6.45, 7) is 4.80. The Morgan fingerprint density at radius 1 is 1.27 bits per heavy atom. The van der Waals surface area contributed by atoms with E-state index >= 15 is 0 Å². The molecule has 0 aliphatic heterocycles. The zero-order valence-electron chi connectivity index (χ0n) is 8.23. The van der Waals surface area contributed by atoms with Crippen LogP contribution in [0, 0.1) is 0 Å². The molecule has 0 saturated heterocycles. The van der Waals surface area contributed by atoms with E-state index in [1.807, 2.05) is 4.72 Å². The van der Waals surface area contributed by atoms with E-state index in [9.17, 15) is 13.2 Å². The van der Waals surface area contributed by atoms with Crippen LogP contribution in [0.15, 0.2) is 47.4 Å². The highest BCUT2D eigenvalue weighted by molar-refractivity contribution is 7.90. The Morgan fingerprint density at radius 2 is 1.80 bits per heavy atom. The average Bonchev–Trinajstić information content (AvgIpc) is 2.18. The van der Waals surface area contributed by atoms with Crippen LogP contribution in [0.5, 0.6) is 0 Å². The molecule has 0 heterocycles. The highest BCUT2D eigenvalue weighted by Crippen LogP contribution is 2.07. The van der Waals surface area contributed by atoms with Gasteiger partial charge < -0.3 is 0 Å². The maximum atomic E-state index is 11.6. The van der Waals surface area contributed by atoms with Crippen LogP contribution in [0.4, 0.5) is 0 Å². The maximum absolute atomic E-state index is 11.6. The summed E-state index contributed by atoms with van der Waals surface area (Å²) in [5, 5.41) is 0. The molecule has 1 rings (SSSR count). The third-order valence-corrected chi connectivity index (χ3v) is 3.02. The third-order valence-electron chi connectivity index (χ3n) is 1.67. The van der Waals surface area contributed by atoms with Crippen molar-refractivity contribution in [2.24, 2.45) is 0 Å². The van der Waals surface area contributed by atoms with Gasteiger partial charge in [-0.25, -0.2) is 13.1 Å². The van der Waals surface area contributed by atoms with E-state index in [0.29, 0.717) is 0 Å². The normalized spacial score (nSPS) is 10.7. The number of carbonyl (C=O) groups is 1. The van der Waals surface area contributed by atoms with Gasteiger partial charge in [-0.05, 0) is 19.1 Å². The van der Waals surface area contributed by atoms with Crippen LogP contribution in [0.2, 0.25) is 0 Å². The Bertz CT molecular complexity index is 477. The van der Waals surface area contributed by atoms with Crippen molar-refractivity contribution in [2.45, 2.75) is 11.8 Å². The second kappa shape index (κ2) is 4.27. The highest BCUT2D eigenvalue weighted by Gasteiger charge is 2.16. The van der Waals surface area contributed by atoms with E-state index in [-0.39, 0.29) is 10.5 Å². The molecule has 1 N–H and O–H groups in total. The molecule has 0 bridgehead atoms. The summed E-state index contributed by atoms with van der Waals surface area (Å²) in [5.41, 5.74) is 0.148. The second-order valence-electron chi connectivity index (χ2n) is 3.03. The van der Waals surface area contributed by atoms with Gasteiger partial charge in [-0.2, -0.15) is 0 Å². The van der Waals surface area contributed by atoms with Gasteiger partial charge in [0.2, 0.25) is 0 Å². The summed E-state index contributed by atoms with van der Waals surface area (Å²) in [6.07, 6.45) is 0. The first kappa shape index (κ1) is 11.5. The Kier molecular flexibility index (Phi) is 3.26. The summed E-state index contributed by atoms with van der Waals surface area (Å²) in [4.78, 5) is 11.2. The minimum Gasteiger partial charge on any atom is -0.269 e. The Labute approximate surface area is 88.7 Å². The van der Waals surface area contributed by atoms with Gasteiger partial charge in [0.05, 0.1) is 4.90 Å². The van der Waals surface area contributed by atoms with Crippen molar-refractivity contribution in [1.82, 2.24) is 4.72 Å². The second-order valence-corrected chi connectivity index (χ2v) is 4.71. The Morgan fingerprint density at radius 3 is 2.27 bits per heavy atom. The number of carbonyl (C=O) groups excluding carboxylic acids is 1. The van der Waals surface area contributed by atoms with Gasteiger partial charge in [0.25, 0.3) is 15.9 Å². The van der Waals surface area contributed by atoms with Gasteiger partial charge >= 0.3 is 0 Å². The number of hydrogen-bond donors (Lipinski definition) is 1. The quantitative estimate of drug-likeness (QED) is 0.782. The fourth-order valence-corrected chi connectivity index (χ4v) is 1.92. The number of nitrogens with one attached hydrogen (secondary N) is 1. The van der Waals surface area contributed by atoms with E-state index in [0.717, 1.165) is 0 Å². The predicted molar refractivity (Wildman–Crippen MR) is 56.6 cm³/mol. The van der Waals surface area contributed by atoms with Gasteiger partial charge in [-0.1, -0.05) is 24.8 Å². The summed E-state index contributed by atoms with van der Waals surface area (Å²) in [6, 6.07) is 7.68. The lowest BCUT2D eigenvalue weighted by Crippen LogP contribution is -2.30. The number of amides is 1. The maximum Gasteiger partial charge on any atom is 0.264 e. The number of rotatable bonds is 3. The van der Waals surface area contributed by atoms with Crippen molar-refractivity contribution in [3.63, 3.8) is 0 Å². The summed E-state index contributed by atoms with van der Waals surface area (Å²) >= 11 is 0. The lowest BCUT2D eigenvalue weighted by Gasteiger charge is -2.05. The topological polar surface area (TPSA) is 63.2 Å². The molecule has 0 unspecified atom stereocenters. The van der Waals surface area contributed by atoms with Gasteiger partial charge in [0.1, 0.15) is 0 Å². The largest absolute Gasteiger partial charge is 0.269 e. The Balaban J connectivity index is 2.96. The monoisotopic (exact) mass is 225 g/mol. The van der Waals surface area contributed by atoms with Crippen molar-refractivity contribution in [1.29, 1.82) is 0 Å². The molecule has 1 aromatic carbocycles. The molecule has 0 fully saturated rings. The molecule has 0 radical (unpaired) electrons. The van der Waals surface area contributed by atoms with Crippen LogP contribution in [0.3, 0.4) is 0 Å². The van der Waals surface area contributed by atoms with E-state index in [1.165, 1.54) is 19.1 Å². The molecule has 4 nitrogen and oxygen atoms in total. The van der Waals surface area contributed by atoms with Crippen LogP contribution >= 0.6 is 0 Å². The highest BCUT2D eigenvalue weighted by atomic mass is 32.2. The van der Waals surface area contributed by atoms with Crippen LogP contribution in [-0.4, -0.2) is 14.3 Å². The average molecular weight is 225 g/mol. The number of sulfonamides is 1. The lowest BCUT2D eigenvalue weighted by atomic mass is 10.3. The molecule has 5 heteroatoms. The molecular formula is C10H11NO3S.